The summed E-state index contributed by atoms with van der Waals surface area (Å²) >= 11 is 2.11. The zero-order valence-corrected chi connectivity index (χ0v) is 29.0. The molecule has 0 radical (unpaired) electrons. The molecule has 250 valence electrons. The summed E-state index contributed by atoms with van der Waals surface area (Å²) in [7, 11) is 1.56. The maximum absolute atomic E-state index is 14.4. The van der Waals surface area contributed by atoms with Crippen LogP contribution in [0.1, 0.15) is 43.6 Å². The number of nitrogens with zero attached hydrogens (tertiary/aromatic N) is 5. The maximum Gasteiger partial charge on any atom is 0.283 e. The van der Waals surface area contributed by atoms with Crippen LogP contribution in [0.25, 0.3) is 16.8 Å². The number of amides is 1. The minimum atomic E-state index is -0.857. The molecule has 2 aromatic heterocycles. The second-order valence-electron chi connectivity index (χ2n) is 11.2. The Morgan fingerprint density at radius 3 is 2.57 bits per heavy atom. The summed E-state index contributed by atoms with van der Waals surface area (Å²) < 4.78 is 7.67. The number of methoxy groups -OCH3 is 1. The number of allylic oxidation sites excluding steroid dienone is 1. The molecule has 1 amide bonds. The Hall–Kier alpha value is -5.34. The fraction of sp³-hybridized carbons (Fsp3) is 0.229. The molecule has 3 heterocycles. The SMILES string of the molecule is CCN(CC)C(=O)C1=C(C)N=c2s/c(=C\c3ccc(Sc4nc(C)cc(=O)[nH]4)c([N+](=O)[O-])c3)c(=O)n2[C@@H]1c1c(OC)ccc2ccccc12. The number of fused-ring (bicyclic) bond motifs is 2. The number of aromatic nitrogens is 3. The van der Waals surface area contributed by atoms with Gasteiger partial charge in [-0.2, -0.15) is 0 Å². The van der Waals surface area contributed by atoms with Crippen molar-refractivity contribution >= 4 is 51.5 Å². The first-order valence-electron chi connectivity index (χ1n) is 15.5. The number of aromatic amines is 1. The molecule has 12 nitrogen and oxygen atoms in total. The summed E-state index contributed by atoms with van der Waals surface area (Å²) in [5.74, 6) is 0.291. The smallest absolute Gasteiger partial charge is 0.283 e. The molecule has 0 saturated heterocycles. The lowest BCUT2D eigenvalue weighted by Crippen LogP contribution is -2.43. The van der Waals surface area contributed by atoms with Gasteiger partial charge >= 0.3 is 0 Å². The van der Waals surface area contributed by atoms with Gasteiger partial charge in [0, 0.05) is 36.5 Å². The van der Waals surface area contributed by atoms with Crippen molar-refractivity contribution in [2.45, 2.75) is 43.8 Å². The molecule has 0 fully saturated rings. The number of H-pyrrole nitrogens is 1. The molecule has 6 rings (SSSR count). The van der Waals surface area contributed by atoms with Gasteiger partial charge in [-0.15, -0.1) is 0 Å². The third-order valence-electron chi connectivity index (χ3n) is 8.26. The van der Waals surface area contributed by atoms with Crippen LogP contribution in [-0.4, -0.2) is 50.5 Å². The number of ether oxygens (including phenoxy) is 1. The van der Waals surface area contributed by atoms with Crippen LogP contribution in [0.4, 0.5) is 5.69 Å². The highest BCUT2D eigenvalue weighted by molar-refractivity contribution is 7.99. The van der Waals surface area contributed by atoms with Gasteiger partial charge in [0.2, 0.25) is 0 Å². The van der Waals surface area contributed by atoms with Crippen molar-refractivity contribution in [2.24, 2.45) is 4.99 Å². The van der Waals surface area contributed by atoms with Gasteiger partial charge in [-0.1, -0.05) is 47.7 Å². The Labute approximate surface area is 288 Å². The Morgan fingerprint density at radius 1 is 1.12 bits per heavy atom. The van der Waals surface area contributed by atoms with Gasteiger partial charge in [-0.3, -0.25) is 29.1 Å². The van der Waals surface area contributed by atoms with Gasteiger partial charge in [0.05, 0.1) is 32.7 Å². The zero-order valence-electron chi connectivity index (χ0n) is 27.3. The van der Waals surface area contributed by atoms with Crippen LogP contribution in [0.3, 0.4) is 0 Å². The zero-order chi connectivity index (χ0) is 35.0. The lowest BCUT2D eigenvalue weighted by Gasteiger charge is -2.30. The number of nitro groups is 1. The standard InChI is InChI=1S/C35H32N6O6S2/c1-6-39(7-2)33(44)29-20(4)37-35-40(31(29)30-23-11-9-8-10-22(23)13-14-25(30)47-5)32(43)27(49-35)18-21-12-15-26(24(17-21)41(45)46)48-34-36-19(3)16-28(42)38-34/h8-18,31H,6-7H2,1-5H3,(H,36,38,42)/b27-18-/t31-/m0/s1. The molecule has 1 aliphatic heterocycles. The van der Waals surface area contributed by atoms with E-state index >= 15 is 0 Å². The number of carbonyl (C=O) groups excluding carboxylic acids is 1. The summed E-state index contributed by atoms with van der Waals surface area (Å²) in [6.07, 6.45) is 1.58. The van der Waals surface area contributed by atoms with E-state index in [4.69, 9.17) is 9.73 Å². The summed E-state index contributed by atoms with van der Waals surface area (Å²) in [4.78, 5) is 66.1. The average Bonchev–Trinajstić information content (AvgIpc) is 3.37. The van der Waals surface area contributed by atoms with Gasteiger partial charge in [-0.25, -0.2) is 9.98 Å². The van der Waals surface area contributed by atoms with E-state index in [1.165, 1.54) is 16.7 Å². The van der Waals surface area contributed by atoms with E-state index in [1.807, 2.05) is 50.2 Å². The van der Waals surface area contributed by atoms with Crippen LogP contribution in [0, 0.1) is 17.0 Å². The molecule has 14 heteroatoms. The summed E-state index contributed by atoms with van der Waals surface area (Å²) in [6, 6.07) is 16.6. The van der Waals surface area contributed by atoms with Gasteiger partial charge in [0.25, 0.3) is 22.7 Å². The highest BCUT2D eigenvalue weighted by Gasteiger charge is 2.36. The molecule has 1 N–H and O–H groups in total. The van der Waals surface area contributed by atoms with Gasteiger partial charge < -0.3 is 14.6 Å². The van der Waals surface area contributed by atoms with Crippen molar-refractivity contribution in [3.05, 3.63) is 129 Å². The fourth-order valence-corrected chi connectivity index (χ4v) is 7.96. The van der Waals surface area contributed by atoms with Gasteiger partial charge in [0.15, 0.2) is 9.96 Å². The van der Waals surface area contributed by atoms with Crippen molar-refractivity contribution < 1.29 is 14.5 Å². The van der Waals surface area contributed by atoms with Crippen LogP contribution in [-0.2, 0) is 4.79 Å². The molecule has 0 saturated carbocycles. The van der Waals surface area contributed by atoms with E-state index in [0.29, 0.717) is 51.7 Å². The minimum Gasteiger partial charge on any atom is -0.496 e. The number of rotatable bonds is 9. The Kier molecular flexibility index (Phi) is 9.35. The molecule has 1 aliphatic rings. The molecule has 1 atom stereocenters. The number of likely N-dealkylation sites (N-methyl/N-ethyl adjacent to an activating group) is 1. The number of aryl methyl sites for hydroxylation is 1. The molecule has 5 aromatic rings. The van der Waals surface area contributed by atoms with Crippen molar-refractivity contribution in [3.8, 4) is 5.75 Å². The second-order valence-corrected chi connectivity index (χ2v) is 13.3. The first kappa shape index (κ1) is 33.6. The molecule has 3 aromatic carbocycles. The van der Waals surface area contributed by atoms with Gasteiger partial charge in [0.1, 0.15) is 11.8 Å². The summed E-state index contributed by atoms with van der Waals surface area (Å²) in [5, 5.41) is 14.1. The monoisotopic (exact) mass is 696 g/mol. The van der Waals surface area contributed by atoms with E-state index in [9.17, 15) is 24.5 Å². The number of hydrogen-bond acceptors (Lipinski definition) is 10. The number of hydrogen-bond donors (Lipinski definition) is 1. The molecule has 0 spiro atoms. The van der Waals surface area contributed by atoms with Crippen molar-refractivity contribution in [1.29, 1.82) is 0 Å². The first-order chi connectivity index (χ1) is 23.5. The van der Waals surface area contributed by atoms with Crippen LogP contribution >= 0.6 is 23.1 Å². The Morgan fingerprint density at radius 2 is 1.88 bits per heavy atom. The van der Waals surface area contributed by atoms with Crippen LogP contribution in [0.15, 0.2) is 96.6 Å². The normalized spacial score (nSPS) is 14.5. The van der Waals surface area contributed by atoms with Crippen LogP contribution in [0.2, 0.25) is 0 Å². The van der Waals surface area contributed by atoms with Crippen molar-refractivity contribution in [1.82, 2.24) is 19.4 Å². The number of carbonyl (C=O) groups is 1. The van der Waals surface area contributed by atoms with Crippen molar-refractivity contribution in [3.63, 3.8) is 0 Å². The number of nitrogens with one attached hydrogen (secondary N) is 1. The number of nitro benzene ring substituents is 1. The minimum absolute atomic E-state index is 0.211. The Bertz CT molecular complexity index is 2430. The summed E-state index contributed by atoms with van der Waals surface area (Å²) in [6.45, 7) is 8.18. The topological polar surface area (TPSA) is 153 Å². The third kappa shape index (κ3) is 6.32. The lowest BCUT2D eigenvalue weighted by molar-refractivity contribution is -0.387. The molecular formula is C35H32N6O6S2. The van der Waals surface area contributed by atoms with Gasteiger partial charge in [-0.05, 0) is 74.0 Å². The van der Waals surface area contributed by atoms with Crippen LogP contribution < -0.4 is 25.2 Å². The van der Waals surface area contributed by atoms with Crippen LogP contribution in [0.5, 0.6) is 5.75 Å². The third-order valence-corrected chi connectivity index (χ3v) is 10.2. The second kappa shape index (κ2) is 13.6. The number of benzene rings is 3. The highest BCUT2D eigenvalue weighted by Crippen LogP contribution is 2.40. The summed E-state index contributed by atoms with van der Waals surface area (Å²) in [5.41, 5.74) is 1.46. The van der Waals surface area contributed by atoms with E-state index < -0.39 is 16.5 Å². The largest absolute Gasteiger partial charge is 0.496 e. The quantitative estimate of drug-likeness (QED) is 0.132. The fourth-order valence-electron chi connectivity index (χ4n) is 5.99. The predicted octanol–water partition coefficient (Wildman–Crippen LogP) is 4.72. The lowest BCUT2D eigenvalue weighted by atomic mass is 9.90. The van der Waals surface area contributed by atoms with E-state index in [0.717, 1.165) is 33.9 Å². The molecule has 0 bridgehead atoms. The first-order valence-corrected chi connectivity index (χ1v) is 17.1. The van der Waals surface area contributed by atoms with E-state index in [1.54, 1.807) is 44.1 Å². The predicted molar refractivity (Wildman–Crippen MR) is 189 cm³/mol. The molecule has 0 aliphatic carbocycles. The average molecular weight is 697 g/mol. The van der Waals surface area contributed by atoms with E-state index in [2.05, 4.69) is 9.97 Å². The molecular weight excluding hydrogens is 665 g/mol. The molecule has 0 unspecified atom stereocenters. The maximum atomic E-state index is 14.4. The number of thiazole rings is 1. The van der Waals surface area contributed by atoms with E-state index in [-0.39, 0.29) is 31.7 Å². The highest BCUT2D eigenvalue weighted by atomic mass is 32.2. The Balaban J connectivity index is 1.55. The van der Waals surface area contributed by atoms with Crippen molar-refractivity contribution in [2.75, 3.05) is 20.2 Å². The molecule has 49 heavy (non-hydrogen) atoms.